The highest BCUT2D eigenvalue weighted by Crippen LogP contribution is 2.29. The van der Waals surface area contributed by atoms with Crippen LogP contribution < -0.4 is 5.32 Å². The summed E-state index contributed by atoms with van der Waals surface area (Å²) in [6.45, 7) is 1.97. The SMILES string of the molecule is Cc1cnc(Cc2cccc(O)c2)nc1Sc1ccc(NC(=O)CCl)cc1. The van der Waals surface area contributed by atoms with Gasteiger partial charge < -0.3 is 10.4 Å². The first-order valence-electron chi connectivity index (χ1n) is 8.27. The van der Waals surface area contributed by atoms with E-state index in [4.69, 9.17) is 11.6 Å². The first-order chi connectivity index (χ1) is 13.0. The molecule has 27 heavy (non-hydrogen) atoms. The summed E-state index contributed by atoms with van der Waals surface area (Å²) in [4.78, 5) is 21.4. The van der Waals surface area contributed by atoms with E-state index in [0.717, 1.165) is 21.0 Å². The van der Waals surface area contributed by atoms with Gasteiger partial charge >= 0.3 is 0 Å². The lowest BCUT2D eigenvalue weighted by Gasteiger charge is -2.08. The number of aromatic nitrogens is 2. The van der Waals surface area contributed by atoms with E-state index >= 15 is 0 Å². The van der Waals surface area contributed by atoms with Crippen molar-refractivity contribution in [2.24, 2.45) is 0 Å². The number of phenolic OH excluding ortho intramolecular Hbond substituents is 1. The molecule has 0 saturated heterocycles. The van der Waals surface area contributed by atoms with Crippen LogP contribution in [0, 0.1) is 6.92 Å². The van der Waals surface area contributed by atoms with Gasteiger partial charge in [-0.15, -0.1) is 11.6 Å². The van der Waals surface area contributed by atoms with Crippen molar-refractivity contribution in [2.45, 2.75) is 23.3 Å². The topological polar surface area (TPSA) is 75.1 Å². The maximum absolute atomic E-state index is 11.3. The van der Waals surface area contributed by atoms with Gasteiger partial charge in [-0.2, -0.15) is 0 Å². The van der Waals surface area contributed by atoms with Gasteiger partial charge in [0, 0.05) is 23.2 Å². The standard InChI is InChI=1S/C20H18ClN3O2S/c1-13-12-22-18(10-14-3-2-4-16(25)9-14)24-20(13)27-17-7-5-15(6-8-17)23-19(26)11-21/h2-9,12,25H,10-11H2,1H3,(H,23,26). The number of anilines is 1. The molecule has 2 N–H and O–H groups in total. The van der Waals surface area contributed by atoms with Crippen molar-refractivity contribution in [3.63, 3.8) is 0 Å². The summed E-state index contributed by atoms with van der Waals surface area (Å²) < 4.78 is 0. The Morgan fingerprint density at radius 1 is 1.22 bits per heavy atom. The molecule has 0 aliphatic rings. The van der Waals surface area contributed by atoms with Crippen molar-refractivity contribution in [1.82, 2.24) is 9.97 Å². The van der Waals surface area contributed by atoms with E-state index in [2.05, 4.69) is 15.3 Å². The van der Waals surface area contributed by atoms with Gasteiger partial charge in [-0.25, -0.2) is 9.97 Å². The highest BCUT2D eigenvalue weighted by Gasteiger charge is 2.08. The number of aromatic hydroxyl groups is 1. The molecule has 0 aliphatic carbocycles. The van der Waals surface area contributed by atoms with E-state index in [1.807, 2.05) is 43.5 Å². The Bertz CT molecular complexity index is 948. The number of halogens is 1. The zero-order valence-electron chi connectivity index (χ0n) is 14.6. The van der Waals surface area contributed by atoms with Crippen LogP contribution in [0.15, 0.2) is 64.6 Å². The molecule has 0 radical (unpaired) electrons. The van der Waals surface area contributed by atoms with E-state index in [1.165, 1.54) is 11.8 Å². The molecular weight excluding hydrogens is 382 g/mol. The number of carbonyl (C=O) groups excluding carboxylic acids is 1. The minimum atomic E-state index is -0.236. The molecule has 0 saturated carbocycles. The van der Waals surface area contributed by atoms with Crippen molar-refractivity contribution in [2.75, 3.05) is 11.2 Å². The molecule has 1 aromatic heterocycles. The lowest BCUT2D eigenvalue weighted by molar-refractivity contribution is -0.113. The Labute approximate surface area is 166 Å². The average Bonchev–Trinajstić information content (AvgIpc) is 2.66. The lowest BCUT2D eigenvalue weighted by Crippen LogP contribution is -2.12. The van der Waals surface area contributed by atoms with E-state index in [9.17, 15) is 9.90 Å². The molecule has 7 heteroatoms. The van der Waals surface area contributed by atoms with Gasteiger partial charge in [0.05, 0.1) is 0 Å². The molecule has 1 heterocycles. The fourth-order valence-corrected chi connectivity index (χ4v) is 3.34. The number of carbonyl (C=O) groups is 1. The number of amides is 1. The van der Waals surface area contributed by atoms with Crippen molar-refractivity contribution < 1.29 is 9.90 Å². The molecule has 0 fully saturated rings. The number of alkyl halides is 1. The predicted molar refractivity (Wildman–Crippen MR) is 108 cm³/mol. The molecule has 3 rings (SSSR count). The van der Waals surface area contributed by atoms with Crippen molar-refractivity contribution in [1.29, 1.82) is 0 Å². The van der Waals surface area contributed by atoms with Crippen LogP contribution >= 0.6 is 23.4 Å². The Kier molecular flexibility index (Phi) is 6.32. The molecule has 2 aromatic carbocycles. The second kappa shape index (κ2) is 8.88. The third kappa shape index (κ3) is 5.45. The van der Waals surface area contributed by atoms with Crippen LogP contribution in [0.2, 0.25) is 0 Å². The highest BCUT2D eigenvalue weighted by atomic mass is 35.5. The Balaban J connectivity index is 1.73. The number of nitrogens with zero attached hydrogens (tertiary/aromatic N) is 2. The monoisotopic (exact) mass is 399 g/mol. The maximum Gasteiger partial charge on any atom is 0.239 e. The first kappa shape index (κ1) is 19.2. The first-order valence-corrected chi connectivity index (χ1v) is 9.63. The summed E-state index contributed by atoms with van der Waals surface area (Å²) in [7, 11) is 0. The fraction of sp³-hybridized carbons (Fsp3) is 0.150. The summed E-state index contributed by atoms with van der Waals surface area (Å²) in [6.07, 6.45) is 2.36. The average molecular weight is 400 g/mol. The molecule has 0 unspecified atom stereocenters. The minimum Gasteiger partial charge on any atom is -0.508 e. The second-order valence-electron chi connectivity index (χ2n) is 5.93. The summed E-state index contributed by atoms with van der Waals surface area (Å²) in [5.74, 6) is 0.619. The normalized spacial score (nSPS) is 10.6. The van der Waals surface area contributed by atoms with Gasteiger partial charge in [-0.3, -0.25) is 4.79 Å². The Morgan fingerprint density at radius 3 is 2.70 bits per heavy atom. The predicted octanol–water partition coefficient (Wildman–Crippen LogP) is 4.41. The van der Waals surface area contributed by atoms with Crippen LogP contribution in [0.4, 0.5) is 5.69 Å². The maximum atomic E-state index is 11.3. The number of benzene rings is 2. The Hall–Kier alpha value is -2.57. The molecule has 0 atom stereocenters. The quantitative estimate of drug-likeness (QED) is 0.474. The molecule has 0 bridgehead atoms. The molecule has 5 nitrogen and oxygen atoms in total. The van der Waals surface area contributed by atoms with E-state index in [-0.39, 0.29) is 17.5 Å². The van der Waals surface area contributed by atoms with Crippen LogP contribution in [0.25, 0.3) is 0 Å². The van der Waals surface area contributed by atoms with E-state index in [1.54, 1.807) is 18.2 Å². The number of rotatable bonds is 6. The Morgan fingerprint density at radius 2 is 2.00 bits per heavy atom. The summed E-state index contributed by atoms with van der Waals surface area (Å²) in [5.41, 5.74) is 2.64. The zero-order valence-corrected chi connectivity index (χ0v) is 16.2. The summed E-state index contributed by atoms with van der Waals surface area (Å²) in [5, 5.41) is 13.2. The van der Waals surface area contributed by atoms with Gasteiger partial charge in [0.1, 0.15) is 22.5 Å². The molecule has 0 spiro atoms. The van der Waals surface area contributed by atoms with Gasteiger partial charge in [-0.05, 0) is 54.4 Å². The number of hydrogen-bond acceptors (Lipinski definition) is 5. The van der Waals surface area contributed by atoms with Crippen molar-refractivity contribution >= 4 is 35.0 Å². The highest BCUT2D eigenvalue weighted by molar-refractivity contribution is 7.99. The van der Waals surface area contributed by atoms with E-state index in [0.29, 0.717) is 17.9 Å². The molecule has 0 aliphatic heterocycles. The summed E-state index contributed by atoms with van der Waals surface area (Å²) in [6, 6.07) is 14.6. The zero-order chi connectivity index (χ0) is 19.2. The van der Waals surface area contributed by atoms with Gasteiger partial charge in [-0.1, -0.05) is 23.9 Å². The van der Waals surface area contributed by atoms with Gasteiger partial charge in [0.25, 0.3) is 0 Å². The van der Waals surface area contributed by atoms with Crippen molar-refractivity contribution in [3.05, 3.63) is 71.7 Å². The van der Waals surface area contributed by atoms with Crippen LogP contribution in [0.1, 0.15) is 17.0 Å². The molecule has 3 aromatic rings. The largest absolute Gasteiger partial charge is 0.508 e. The fourth-order valence-electron chi connectivity index (χ4n) is 2.41. The van der Waals surface area contributed by atoms with Crippen LogP contribution in [-0.2, 0) is 11.2 Å². The lowest BCUT2D eigenvalue weighted by atomic mass is 10.1. The third-order valence-electron chi connectivity index (χ3n) is 3.72. The molecular formula is C20H18ClN3O2S. The smallest absolute Gasteiger partial charge is 0.239 e. The minimum absolute atomic E-state index is 0.0708. The second-order valence-corrected chi connectivity index (χ2v) is 7.26. The number of phenols is 1. The number of nitrogens with one attached hydrogen (secondary N) is 1. The molecule has 1 amide bonds. The number of hydrogen-bond donors (Lipinski definition) is 2. The van der Waals surface area contributed by atoms with Gasteiger partial charge in [0.15, 0.2) is 0 Å². The van der Waals surface area contributed by atoms with Crippen LogP contribution in [0.5, 0.6) is 5.75 Å². The van der Waals surface area contributed by atoms with E-state index < -0.39 is 0 Å². The van der Waals surface area contributed by atoms with Crippen LogP contribution in [-0.4, -0.2) is 26.9 Å². The van der Waals surface area contributed by atoms with Crippen LogP contribution in [0.3, 0.4) is 0 Å². The van der Waals surface area contributed by atoms with Gasteiger partial charge in [0.2, 0.25) is 5.91 Å². The number of aryl methyl sites for hydroxylation is 1. The van der Waals surface area contributed by atoms with Crippen molar-refractivity contribution in [3.8, 4) is 5.75 Å². The summed E-state index contributed by atoms with van der Waals surface area (Å²) >= 11 is 7.03. The third-order valence-corrected chi connectivity index (χ3v) is 5.08. The molecule has 138 valence electrons.